The van der Waals surface area contributed by atoms with E-state index in [9.17, 15) is 0 Å². The molecule has 2 aromatic rings. The van der Waals surface area contributed by atoms with Crippen molar-refractivity contribution in [3.8, 4) is 0 Å². The van der Waals surface area contributed by atoms with E-state index < -0.39 is 0 Å². The maximum atomic E-state index is 2.25. The molecule has 0 atom stereocenters. The van der Waals surface area contributed by atoms with Crippen LogP contribution in [0.3, 0.4) is 0 Å². The van der Waals surface area contributed by atoms with Crippen molar-refractivity contribution < 1.29 is 0 Å². The van der Waals surface area contributed by atoms with Crippen LogP contribution in [-0.4, -0.2) is 19.0 Å². The van der Waals surface area contributed by atoms with Crippen LogP contribution in [0.1, 0.15) is 57.7 Å². The van der Waals surface area contributed by atoms with E-state index in [4.69, 9.17) is 0 Å². The van der Waals surface area contributed by atoms with E-state index in [0.717, 1.165) is 19.3 Å². The third kappa shape index (κ3) is 8.89. The maximum Gasteiger partial charge on any atom is 0.00912 e. The largest absolute Gasteiger partial charge is 0.381 e. The molecular formula is C25H39N. The molecule has 0 radical (unpaired) electrons. The SMILES string of the molecule is C/C(=C(\CCc1ccc(C)cc1)Cc1ccccc1)N(C)C.CC.CC. The first-order chi connectivity index (χ1) is 12.6. The zero-order valence-electron chi connectivity index (χ0n) is 18.3. The van der Waals surface area contributed by atoms with Crippen LogP contribution >= 0.6 is 0 Å². The molecule has 0 aliphatic carbocycles. The van der Waals surface area contributed by atoms with Gasteiger partial charge in [-0.3, -0.25) is 0 Å². The van der Waals surface area contributed by atoms with E-state index >= 15 is 0 Å². The Morgan fingerprint density at radius 3 is 1.81 bits per heavy atom. The van der Waals surface area contributed by atoms with Gasteiger partial charge in [0, 0.05) is 19.8 Å². The van der Waals surface area contributed by atoms with Crippen molar-refractivity contribution in [3.63, 3.8) is 0 Å². The zero-order chi connectivity index (χ0) is 19.9. The number of benzene rings is 2. The maximum absolute atomic E-state index is 2.25. The van der Waals surface area contributed by atoms with Gasteiger partial charge in [-0.05, 0) is 49.8 Å². The summed E-state index contributed by atoms with van der Waals surface area (Å²) in [7, 11) is 4.26. The summed E-state index contributed by atoms with van der Waals surface area (Å²) in [5.74, 6) is 0. The lowest BCUT2D eigenvalue weighted by molar-refractivity contribution is 0.500. The Kier molecular flexibility index (Phi) is 13.1. The average Bonchev–Trinajstić information content (AvgIpc) is 2.69. The molecule has 2 rings (SSSR count). The molecule has 0 saturated heterocycles. The van der Waals surface area contributed by atoms with E-state index in [1.165, 1.54) is 28.0 Å². The first-order valence-corrected chi connectivity index (χ1v) is 10.0. The normalized spacial score (nSPS) is 10.6. The Balaban J connectivity index is 0.00000146. The van der Waals surface area contributed by atoms with E-state index in [-0.39, 0.29) is 0 Å². The van der Waals surface area contributed by atoms with Crippen LogP contribution in [0.2, 0.25) is 0 Å². The van der Waals surface area contributed by atoms with Gasteiger partial charge in [-0.1, -0.05) is 87.9 Å². The second kappa shape index (κ2) is 14.2. The molecule has 1 nitrogen and oxygen atoms in total. The standard InChI is InChI=1S/C21H27N.2C2H6/c1-17-10-12-19(13-11-17)14-15-21(18(2)22(3)4)16-20-8-6-5-7-9-20;2*1-2/h5-13H,14-16H2,1-4H3;2*1-2H3/b21-18-;;. The molecule has 26 heavy (non-hydrogen) atoms. The molecule has 0 N–H and O–H groups in total. The van der Waals surface area contributed by atoms with Crippen LogP contribution in [0.25, 0.3) is 0 Å². The molecule has 0 aliphatic heterocycles. The third-order valence-electron chi connectivity index (χ3n) is 4.28. The lowest BCUT2D eigenvalue weighted by Gasteiger charge is -2.19. The molecule has 0 heterocycles. The van der Waals surface area contributed by atoms with Crippen LogP contribution in [0.4, 0.5) is 0 Å². The Morgan fingerprint density at radius 2 is 1.31 bits per heavy atom. The second-order valence-corrected chi connectivity index (χ2v) is 6.23. The third-order valence-corrected chi connectivity index (χ3v) is 4.28. The summed E-state index contributed by atoms with van der Waals surface area (Å²) in [6, 6.07) is 19.7. The van der Waals surface area contributed by atoms with Crippen molar-refractivity contribution in [1.29, 1.82) is 0 Å². The first kappa shape index (κ1) is 24.0. The van der Waals surface area contributed by atoms with E-state index in [1.807, 2.05) is 27.7 Å². The Labute approximate surface area is 162 Å². The van der Waals surface area contributed by atoms with Crippen molar-refractivity contribution in [2.75, 3.05) is 14.1 Å². The Morgan fingerprint density at radius 1 is 0.769 bits per heavy atom. The van der Waals surface area contributed by atoms with E-state index in [1.54, 1.807) is 0 Å². The van der Waals surface area contributed by atoms with Gasteiger partial charge in [-0.25, -0.2) is 0 Å². The zero-order valence-corrected chi connectivity index (χ0v) is 18.3. The van der Waals surface area contributed by atoms with E-state index in [0.29, 0.717) is 0 Å². The summed E-state index contributed by atoms with van der Waals surface area (Å²) in [6.45, 7) is 12.4. The molecule has 144 valence electrons. The summed E-state index contributed by atoms with van der Waals surface area (Å²) in [5, 5.41) is 0. The van der Waals surface area contributed by atoms with E-state index in [2.05, 4.69) is 87.4 Å². The van der Waals surface area contributed by atoms with Crippen molar-refractivity contribution in [2.45, 2.75) is 60.8 Å². The summed E-state index contributed by atoms with van der Waals surface area (Å²) >= 11 is 0. The van der Waals surface area contributed by atoms with Gasteiger partial charge in [-0.2, -0.15) is 0 Å². The van der Waals surface area contributed by atoms with Crippen molar-refractivity contribution >= 4 is 0 Å². The van der Waals surface area contributed by atoms with Crippen molar-refractivity contribution in [1.82, 2.24) is 4.90 Å². The molecule has 0 fully saturated rings. The summed E-state index contributed by atoms with van der Waals surface area (Å²) in [5.41, 5.74) is 7.05. The van der Waals surface area contributed by atoms with Gasteiger partial charge >= 0.3 is 0 Å². The van der Waals surface area contributed by atoms with Crippen LogP contribution in [0, 0.1) is 6.92 Å². The molecule has 0 unspecified atom stereocenters. The van der Waals surface area contributed by atoms with Gasteiger partial charge in [-0.15, -0.1) is 0 Å². The summed E-state index contributed by atoms with van der Waals surface area (Å²) < 4.78 is 0. The topological polar surface area (TPSA) is 3.24 Å². The van der Waals surface area contributed by atoms with Gasteiger partial charge in [0.15, 0.2) is 0 Å². The van der Waals surface area contributed by atoms with Gasteiger partial charge in [0.2, 0.25) is 0 Å². The van der Waals surface area contributed by atoms with Crippen LogP contribution in [0.5, 0.6) is 0 Å². The molecule has 0 spiro atoms. The lowest BCUT2D eigenvalue weighted by Crippen LogP contribution is -2.12. The molecule has 1 heteroatoms. The predicted molar refractivity (Wildman–Crippen MR) is 119 cm³/mol. The van der Waals surface area contributed by atoms with Crippen LogP contribution in [0.15, 0.2) is 65.9 Å². The smallest absolute Gasteiger partial charge is 0.00912 e. The second-order valence-electron chi connectivity index (χ2n) is 6.23. The van der Waals surface area contributed by atoms with Crippen molar-refractivity contribution in [2.24, 2.45) is 0 Å². The van der Waals surface area contributed by atoms with Gasteiger partial charge in [0.25, 0.3) is 0 Å². The summed E-state index contributed by atoms with van der Waals surface area (Å²) in [4.78, 5) is 2.23. The number of allylic oxidation sites excluding steroid dienone is 2. The Bertz CT molecular complexity index is 606. The lowest BCUT2D eigenvalue weighted by atomic mass is 9.96. The highest BCUT2D eigenvalue weighted by Crippen LogP contribution is 2.20. The fourth-order valence-electron chi connectivity index (χ4n) is 2.61. The molecule has 0 amide bonds. The highest BCUT2D eigenvalue weighted by Gasteiger charge is 2.07. The number of hydrogen-bond donors (Lipinski definition) is 0. The number of aryl methyl sites for hydroxylation is 2. The van der Waals surface area contributed by atoms with Gasteiger partial charge in [0.1, 0.15) is 0 Å². The molecule has 0 bridgehead atoms. The Hall–Kier alpha value is -2.02. The molecule has 0 aromatic heterocycles. The highest BCUT2D eigenvalue weighted by molar-refractivity contribution is 5.27. The van der Waals surface area contributed by atoms with Crippen LogP contribution in [-0.2, 0) is 12.8 Å². The summed E-state index contributed by atoms with van der Waals surface area (Å²) in [6.07, 6.45) is 3.26. The minimum absolute atomic E-state index is 1.04. The minimum atomic E-state index is 1.04. The number of hydrogen-bond acceptors (Lipinski definition) is 1. The highest BCUT2D eigenvalue weighted by atomic mass is 15.1. The first-order valence-electron chi connectivity index (χ1n) is 10.0. The van der Waals surface area contributed by atoms with Crippen molar-refractivity contribution in [3.05, 3.63) is 82.6 Å². The fraction of sp³-hybridized carbons (Fsp3) is 0.440. The van der Waals surface area contributed by atoms with Crippen LogP contribution < -0.4 is 0 Å². The fourth-order valence-corrected chi connectivity index (χ4v) is 2.61. The predicted octanol–water partition coefficient (Wildman–Crippen LogP) is 7.06. The number of rotatable bonds is 6. The molecule has 0 aliphatic rings. The molecular weight excluding hydrogens is 314 g/mol. The minimum Gasteiger partial charge on any atom is -0.381 e. The molecule has 0 saturated carbocycles. The van der Waals surface area contributed by atoms with Gasteiger partial charge < -0.3 is 4.90 Å². The quantitative estimate of drug-likeness (QED) is 0.537. The van der Waals surface area contributed by atoms with Gasteiger partial charge in [0.05, 0.1) is 0 Å². The monoisotopic (exact) mass is 353 g/mol. The average molecular weight is 354 g/mol. The number of nitrogens with zero attached hydrogens (tertiary/aromatic N) is 1. The molecule has 2 aromatic carbocycles.